The maximum Gasteiger partial charge on any atom is 0.254 e. The Morgan fingerprint density at radius 2 is 1.56 bits per heavy atom. The number of amides is 2. The normalized spacial score (nSPS) is 10.8. The third kappa shape index (κ3) is 6.30. The Labute approximate surface area is 188 Å². The zero-order valence-corrected chi connectivity index (χ0v) is 18.8. The van der Waals surface area contributed by atoms with Crippen molar-refractivity contribution in [2.24, 2.45) is 0 Å². The first-order chi connectivity index (χ1) is 15.4. The van der Waals surface area contributed by atoms with Gasteiger partial charge in [0.05, 0.1) is 6.54 Å². The van der Waals surface area contributed by atoms with E-state index in [1.54, 1.807) is 34.1 Å². The molecule has 5 nitrogen and oxygen atoms in total. The van der Waals surface area contributed by atoms with Gasteiger partial charge in [0.15, 0.2) is 0 Å². The van der Waals surface area contributed by atoms with E-state index in [1.165, 1.54) is 12.1 Å². The second kappa shape index (κ2) is 10.8. The minimum atomic E-state index is -0.328. The van der Waals surface area contributed by atoms with Crippen LogP contribution in [0.25, 0.3) is 0 Å². The molecule has 3 rings (SSSR count). The maximum absolute atomic E-state index is 13.3. The molecule has 0 N–H and O–H groups in total. The third-order valence-corrected chi connectivity index (χ3v) is 5.19. The van der Waals surface area contributed by atoms with Gasteiger partial charge in [-0.3, -0.25) is 9.59 Å². The first-order valence-electron chi connectivity index (χ1n) is 10.8. The Morgan fingerprint density at radius 3 is 2.16 bits per heavy atom. The number of aryl methyl sites for hydroxylation is 2. The molecule has 32 heavy (non-hydrogen) atoms. The highest BCUT2D eigenvalue weighted by molar-refractivity contribution is 5.96. The summed E-state index contributed by atoms with van der Waals surface area (Å²) in [5, 5.41) is 0. The number of nitrogens with zero attached hydrogens (tertiary/aromatic N) is 2. The summed E-state index contributed by atoms with van der Waals surface area (Å²) in [6.45, 7) is 6.77. The molecule has 0 aliphatic carbocycles. The molecule has 0 fully saturated rings. The van der Waals surface area contributed by atoms with Crippen molar-refractivity contribution in [3.8, 4) is 0 Å². The predicted molar refractivity (Wildman–Crippen MR) is 121 cm³/mol. The Morgan fingerprint density at radius 1 is 0.875 bits per heavy atom. The summed E-state index contributed by atoms with van der Waals surface area (Å²) in [6, 6.07) is 17.1. The highest BCUT2D eigenvalue weighted by Crippen LogP contribution is 2.15. The molecule has 6 heteroatoms. The second-order valence-corrected chi connectivity index (χ2v) is 7.98. The van der Waals surface area contributed by atoms with Gasteiger partial charge in [-0.1, -0.05) is 36.8 Å². The largest absolute Gasteiger partial charge is 0.464 e. The monoisotopic (exact) mass is 436 g/mol. The smallest absolute Gasteiger partial charge is 0.254 e. The van der Waals surface area contributed by atoms with E-state index in [-0.39, 0.29) is 37.3 Å². The van der Waals surface area contributed by atoms with E-state index >= 15 is 0 Å². The van der Waals surface area contributed by atoms with Crippen molar-refractivity contribution in [2.45, 2.75) is 40.3 Å². The summed E-state index contributed by atoms with van der Waals surface area (Å²) < 4.78 is 19.0. The van der Waals surface area contributed by atoms with Crippen LogP contribution >= 0.6 is 0 Å². The fourth-order valence-electron chi connectivity index (χ4n) is 3.46. The van der Waals surface area contributed by atoms with E-state index < -0.39 is 0 Å². The summed E-state index contributed by atoms with van der Waals surface area (Å²) in [7, 11) is 0. The number of carbonyl (C=O) groups excluding carboxylic acids is 2. The van der Waals surface area contributed by atoms with E-state index in [0.717, 1.165) is 23.3 Å². The van der Waals surface area contributed by atoms with E-state index in [4.69, 9.17) is 4.42 Å². The Kier molecular flexibility index (Phi) is 7.82. The molecule has 0 bridgehead atoms. The number of hydrogen-bond donors (Lipinski definition) is 0. The highest BCUT2D eigenvalue weighted by Gasteiger charge is 2.23. The average molecular weight is 437 g/mol. The molecule has 1 heterocycles. The zero-order chi connectivity index (χ0) is 23.1. The molecular formula is C26H29FN2O3. The van der Waals surface area contributed by atoms with Crippen molar-refractivity contribution in [2.75, 3.05) is 13.1 Å². The molecule has 0 radical (unpaired) electrons. The highest BCUT2D eigenvalue weighted by atomic mass is 19.1. The molecule has 0 saturated heterocycles. The van der Waals surface area contributed by atoms with Crippen LogP contribution in [0.15, 0.2) is 65.1 Å². The lowest BCUT2D eigenvalue weighted by atomic mass is 10.1. The molecule has 2 amide bonds. The predicted octanol–water partition coefficient (Wildman–Crippen LogP) is 5.12. The van der Waals surface area contributed by atoms with Gasteiger partial charge in [-0.25, -0.2) is 4.39 Å². The fourth-order valence-corrected chi connectivity index (χ4v) is 3.46. The summed E-state index contributed by atoms with van der Waals surface area (Å²) in [6.07, 6.45) is 0.736. The molecule has 0 unspecified atom stereocenters. The Hall–Kier alpha value is -3.41. The fraction of sp³-hybridized carbons (Fsp3) is 0.308. The zero-order valence-electron chi connectivity index (χ0n) is 18.8. The first-order valence-corrected chi connectivity index (χ1v) is 10.8. The lowest BCUT2D eigenvalue weighted by molar-refractivity contribution is -0.133. The van der Waals surface area contributed by atoms with Gasteiger partial charge in [0, 0.05) is 18.7 Å². The minimum absolute atomic E-state index is 0.0402. The van der Waals surface area contributed by atoms with Crippen LogP contribution in [0.4, 0.5) is 4.39 Å². The lowest BCUT2D eigenvalue weighted by Crippen LogP contribution is -2.42. The minimum Gasteiger partial charge on any atom is -0.464 e. The van der Waals surface area contributed by atoms with E-state index in [2.05, 4.69) is 0 Å². The molecule has 0 aliphatic rings. The van der Waals surface area contributed by atoms with Crippen LogP contribution in [-0.2, 0) is 17.9 Å². The van der Waals surface area contributed by atoms with Gasteiger partial charge in [-0.15, -0.1) is 0 Å². The van der Waals surface area contributed by atoms with Crippen LogP contribution in [0.3, 0.4) is 0 Å². The molecular weight excluding hydrogens is 407 g/mol. The average Bonchev–Trinajstić information content (AvgIpc) is 3.19. The van der Waals surface area contributed by atoms with Gasteiger partial charge in [0.1, 0.15) is 23.9 Å². The van der Waals surface area contributed by atoms with Crippen molar-refractivity contribution in [1.82, 2.24) is 9.80 Å². The summed E-state index contributed by atoms with van der Waals surface area (Å²) >= 11 is 0. The van der Waals surface area contributed by atoms with E-state index in [9.17, 15) is 14.0 Å². The lowest BCUT2D eigenvalue weighted by Gasteiger charge is -2.27. The van der Waals surface area contributed by atoms with Crippen LogP contribution in [0.5, 0.6) is 0 Å². The number of furan rings is 1. The molecule has 2 aromatic carbocycles. The topological polar surface area (TPSA) is 53.8 Å². The number of benzene rings is 2. The quantitative estimate of drug-likeness (QED) is 0.468. The number of rotatable bonds is 9. The van der Waals surface area contributed by atoms with E-state index in [0.29, 0.717) is 17.9 Å². The van der Waals surface area contributed by atoms with Crippen LogP contribution < -0.4 is 0 Å². The molecule has 0 aliphatic heterocycles. The van der Waals surface area contributed by atoms with Crippen molar-refractivity contribution < 1.29 is 18.4 Å². The molecule has 0 spiro atoms. The molecule has 1 aromatic heterocycles. The first kappa shape index (κ1) is 23.3. The Bertz CT molecular complexity index is 1040. The SMILES string of the molecule is CCCN(CC(=O)N(Cc1ccc(F)cc1)Cc1ccc(C)o1)C(=O)c1ccc(C)cc1. The van der Waals surface area contributed by atoms with Crippen molar-refractivity contribution in [1.29, 1.82) is 0 Å². The van der Waals surface area contributed by atoms with Gasteiger partial charge in [0.2, 0.25) is 5.91 Å². The van der Waals surface area contributed by atoms with E-state index in [1.807, 2.05) is 45.0 Å². The summed E-state index contributed by atoms with van der Waals surface area (Å²) in [5.74, 6) is 0.723. The van der Waals surface area contributed by atoms with Crippen LogP contribution in [0.1, 0.15) is 46.3 Å². The maximum atomic E-state index is 13.3. The standard InChI is InChI=1S/C26H29FN2O3/c1-4-15-28(26(31)22-10-5-19(2)6-11-22)18-25(30)29(17-24-14-7-20(3)32-24)16-21-8-12-23(27)13-9-21/h5-14H,4,15-18H2,1-3H3. The van der Waals surface area contributed by atoms with Crippen LogP contribution in [0.2, 0.25) is 0 Å². The summed E-state index contributed by atoms with van der Waals surface area (Å²) in [5.41, 5.74) is 2.43. The molecule has 3 aromatic rings. The molecule has 0 saturated carbocycles. The second-order valence-electron chi connectivity index (χ2n) is 7.98. The number of halogens is 1. The van der Waals surface area contributed by atoms with Crippen molar-refractivity contribution in [3.63, 3.8) is 0 Å². The summed E-state index contributed by atoms with van der Waals surface area (Å²) in [4.78, 5) is 29.6. The van der Waals surface area contributed by atoms with Crippen LogP contribution in [0, 0.1) is 19.7 Å². The van der Waals surface area contributed by atoms with Gasteiger partial charge in [0.25, 0.3) is 5.91 Å². The molecule has 168 valence electrons. The van der Waals surface area contributed by atoms with Crippen LogP contribution in [-0.4, -0.2) is 34.7 Å². The van der Waals surface area contributed by atoms with Crippen molar-refractivity contribution in [3.05, 3.63) is 94.7 Å². The van der Waals surface area contributed by atoms with Gasteiger partial charge >= 0.3 is 0 Å². The Balaban J connectivity index is 1.79. The van der Waals surface area contributed by atoms with Gasteiger partial charge < -0.3 is 14.2 Å². The third-order valence-electron chi connectivity index (χ3n) is 5.19. The number of hydrogen-bond acceptors (Lipinski definition) is 3. The number of carbonyl (C=O) groups is 2. The van der Waals surface area contributed by atoms with Crippen molar-refractivity contribution >= 4 is 11.8 Å². The van der Waals surface area contributed by atoms with Gasteiger partial charge in [-0.05, 0) is 62.2 Å². The molecule has 0 atom stereocenters. The van der Waals surface area contributed by atoms with Gasteiger partial charge in [-0.2, -0.15) is 0 Å².